The van der Waals surface area contributed by atoms with Gasteiger partial charge in [0.05, 0.1) is 14.9 Å². The molecule has 21 heavy (non-hydrogen) atoms. The van der Waals surface area contributed by atoms with Crippen LogP contribution in [0.15, 0.2) is 63.7 Å². The summed E-state index contributed by atoms with van der Waals surface area (Å²) in [6, 6.07) is 16.7. The van der Waals surface area contributed by atoms with Gasteiger partial charge in [-0.15, -0.1) is 11.3 Å². The lowest BCUT2D eigenvalue weighted by Crippen LogP contribution is -1.86. The molecule has 0 bridgehead atoms. The summed E-state index contributed by atoms with van der Waals surface area (Å²) >= 11 is 9.17. The molecule has 0 fully saturated rings. The van der Waals surface area contributed by atoms with Gasteiger partial charge < -0.3 is 0 Å². The first-order valence-corrected chi connectivity index (χ1v) is 8.86. The Morgan fingerprint density at radius 2 is 1.62 bits per heavy atom. The molecule has 0 unspecified atom stereocenters. The van der Waals surface area contributed by atoms with Crippen LogP contribution in [0.5, 0.6) is 0 Å². The predicted molar refractivity (Wildman–Crippen MR) is 98.0 cm³/mol. The molecule has 2 heterocycles. The molecular weight excluding hydrogens is 410 g/mol. The highest BCUT2D eigenvalue weighted by Crippen LogP contribution is 2.42. The molecule has 0 aliphatic heterocycles. The zero-order valence-electron chi connectivity index (χ0n) is 10.8. The average Bonchev–Trinajstić information content (AvgIpc) is 2.88. The summed E-state index contributed by atoms with van der Waals surface area (Å²) in [6.07, 6.45) is 1.97. The molecule has 0 aliphatic carbocycles. The molecule has 0 saturated carbocycles. The fraction of sp³-hybridized carbons (Fsp3) is 0. The summed E-state index contributed by atoms with van der Waals surface area (Å²) in [6.45, 7) is 0. The molecule has 0 saturated heterocycles. The Morgan fingerprint density at radius 1 is 0.857 bits per heavy atom. The molecule has 0 spiro atoms. The molecule has 102 valence electrons. The van der Waals surface area contributed by atoms with E-state index in [-0.39, 0.29) is 0 Å². The van der Waals surface area contributed by atoms with E-state index in [9.17, 15) is 0 Å². The Balaban J connectivity index is 2.11. The first-order valence-electron chi connectivity index (χ1n) is 6.46. The summed E-state index contributed by atoms with van der Waals surface area (Å²) in [5, 5.41) is 2.52. The lowest BCUT2D eigenvalue weighted by Gasteiger charge is -2.07. The maximum absolute atomic E-state index is 4.67. The molecule has 2 aromatic carbocycles. The number of rotatable bonds is 1. The normalized spacial score (nSPS) is 11.3. The molecule has 4 aromatic rings. The van der Waals surface area contributed by atoms with Gasteiger partial charge in [0.2, 0.25) is 0 Å². The van der Waals surface area contributed by atoms with Crippen LogP contribution in [0.1, 0.15) is 0 Å². The monoisotopic (exact) mass is 417 g/mol. The van der Waals surface area contributed by atoms with Crippen molar-refractivity contribution in [1.82, 2.24) is 4.98 Å². The van der Waals surface area contributed by atoms with Crippen LogP contribution in [0.2, 0.25) is 0 Å². The fourth-order valence-corrected chi connectivity index (χ4v) is 4.95. The van der Waals surface area contributed by atoms with Gasteiger partial charge >= 0.3 is 0 Å². The van der Waals surface area contributed by atoms with E-state index in [0.717, 1.165) is 20.2 Å². The number of fused-ring (bicyclic) bond motifs is 3. The third-order valence-corrected chi connectivity index (χ3v) is 6.06. The lowest BCUT2D eigenvalue weighted by atomic mass is 10.1. The van der Waals surface area contributed by atoms with Crippen LogP contribution >= 0.6 is 43.2 Å². The van der Waals surface area contributed by atoms with E-state index >= 15 is 0 Å². The Bertz CT molecular complexity index is 975. The third kappa shape index (κ3) is 2.13. The van der Waals surface area contributed by atoms with E-state index < -0.39 is 0 Å². The van der Waals surface area contributed by atoms with Gasteiger partial charge in [0.15, 0.2) is 0 Å². The standard InChI is InChI=1S/C17H9Br2NS/c18-12-7-3-1-5-10(12)17-16(19)15-11-6-2-4-8-13(11)21-14(15)9-20-17/h1-9H. The van der Waals surface area contributed by atoms with Crippen molar-refractivity contribution in [1.29, 1.82) is 0 Å². The van der Waals surface area contributed by atoms with Crippen molar-refractivity contribution in [3.63, 3.8) is 0 Å². The number of halogens is 2. The maximum Gasteiger partial charge on any atom is 0.0862 e. The molecule has 0 amide bonds. The van der Waals surface area contributed by atoms with Crippen LogP contribution in [-0.2, 0) is 0 Å². The maximum atomic E-state index is 4.67. The van der Waals surface area contributed by atoms with Crippen molar-refractivity contribution >= 4 is 63.4 Å². The van der Waals surface area contributed by atoms with Gasteiger partial charge in [-0.05, 0) is 28.1 Å². The number of hydrogen-bond donors (Lipinski definition) is 0. The van der Waals surface area contributed by atoms with Crippen molar-refractivity contribution < 1.29 is 0 Å². The van der Waals surface area contributed by atoms with Crippen LogP contribution in [0.3, 0.4) is 0 Å². The summed E-state index contributed by atoms with van der Waals surface area (Å²) in [5.41, 5.74) is 2.07. The SMILES string of the molecule is Brc1ccccc1-c1ncc2sc3ccccc3c2c1Br. The van der Waals surface area contributed by atoms with Crippen LogP contribution < -0.4 is 0 Å². The Labute approximate surface area is 142 Å². The van der Waals surface area contributed by atoms with Crippen molar-refractivity contribution in [2.45, 2.75) is 0 Å². The summed E-state index contributed by atoms with van der Waals surface area (Å²) in [4.78, 5) is 4.67. The van der Waals surface area contributed by atoms with Gasteiger partial charge in [-0.2, -0.15) is 0 Å². The molecule has 0 aliphatic rings. The van der Waals surface area contributed by atoms with Crippen molar-refractivity contribution in [2.24, 2.45) is 0 Å². The topological polar surface area (TPSA) is 12.9 Å². The number of aromatic nitrogens is 1. The van der Waals surface area contributed by atoms with Crippen LogP contribution in [0.4, 0.5) is 0 Å². The van der Waals surface area contributed by atoms with Crippen LogP contribution in [0, 0.1) is 0 Å². The Kier molecular flexibility index (Phi) is 3.32. The summed E-state index contributed by atoms with van der Waals surface area (Å²) < 4.78 is 4.61. The Hall–Kier alpha value is -1.23. The van der Waals surface area contributed by atoms with E-state index in [2.05, 4.69) is 67.2 Å². The highest BCUT2D eigenvalue weighted by molar-refractivity contribution is 9.11. The molecule has 4 heteroatoms. The number of hydrogen-bond acceptors (Lipinski definition) is 2. The van der Waals surface area contributed by atoms with Crippen LogP contribution in [-0.4, -0.2) is 4.98 Å². The van der Waals surface area contributed by atoms with Crippen molar-refractivity contribution in [3.8, 4) is 11.3 Å². The molecule has 0 radical (unpaired) electrons. The van der Waals surface area contributed by atoms with Gasteiger partial charge in [-0.3, -0.25) is 4.98 Å². The molecule has 2 aromatic heterocycles. The highest BCUT2D eigenvalue weighted by atomic mass is 79.9. The second-order valence-electron chi connectivity index (χ2n) is 4.74. The third-order valence-electron chi connectivity index (χ3n) is 3.49. The van der Waals surface area contributed by atoms with Crippen LogP contribution in [0.25, 0.3) is 31.4 Å². The quantitative estimate of drug-likeness (QED) is 0.337. The Morgan fingerprint density at radius 3 is 2.48 bits per heavy atom. The number of thiophene rings is 1. The molecular formula is C17H9Br2NS. The molecule has 0 N–H and O–H groups in total. The summed E-state index contributed by atoms with van der Waals surface area (Å²) in [7, 11) is 0. The van der Waals surface area contributed by atoms with Crippen molar-refractivity contribution in [2.75, 3.05) is 0 Å². The van der Waals surface area contributed by atoms with Gasteiger partial charge in [0.1, 0.15) is 0 Å². The van der Waals surface area contributed by atoms with Crippen molar-refractivity contribution in [3.05, 3.63) is 63.7 Å². The van der Waals surface area contributed by atoms with E-state index in [0.29, 0.717) is 0 Å². The van der Waals surface area contributed by atoms with Gasteiger partial charge in [-0.1, -0.05) is 52.3 Å². The lowest BCUT2D eigenvalue weighted by molar-refractivity contribution is 1.34. The summed E-state index contributed by atoms with van der Waals surface area (Å²) in [5.74, 6) is 0. The van der Waals surface area contributed by atoms with E-state index in [1.54, 1.807) is 11.3 Å². The zero-order valence-corrected chi connectivity index (χ0v) is 14.8. The highest BCUT2D eigenvalue weighted by Gasteiger charge is 2.15. The first kappa shape index (κ1) is 13.4. The number of benzene rings is 2. The van der Waals surface area contributed by atoms with E-state index in [1.165, 1.54) is 20.2 Å². The molecule has 0 atom stereocenters. The average molecular weight is 419 g/mol. The largest absolute Gasteiger partial charge is 0.254 e. The number of pyridine rings is 1. The minimum absolute atomic E-state index is 0.971. The van der Waals surface area contributed by atoms with E-state index in [1.807, 2.05) is 24.4 Å². The molecule has 4 rings (SSSR count). The second-order valence-corrected chi connectivity index (χ2v) is 7.47. The zero-order chi connectivity index (χ0) is 14.4. The smallest absolute Gasteiger partial charge is 0.0862 e. The fourth-order valence-electron chi connectivity index (χ4n) is 2.52. The molecule has 1 nitrogen and oxygen atoms in total. The minimum Gasteiger partial charge on any atom is -0.254 e. The van der Waals surface area contributed by atoms with Gasteiger partial charge in [0, 0.05) is 31.7 Å². The van der Waals surface area contributed by atoms with Gasteiger partial charge in [-0.25, -0.2) is 0 Å². The predicted octanol–water partition coefficient (Wildman–Crippen LogP) is 6.64. The van der Waals surface area contributed by atoms with E-state index in [4.69, 9.17) is 0 Å². The first-order chi connectivity index (χ1) is 10.3. The minimum atomic E-state index is 0.971. The van der Waals surface area contributed by atoms with Gasteiger partial charge in [0.25, 0.3) is 0 Å². The second kappa shape index (κ2) is 5.20. The number of nitrogens with zero attached hydrogens (tertiary/aromatic N) is 1.